The van der Waals surface area contributed by atoms with Crippen LogP contribution in [0.5, 0.6) is 0 Å². The van der Waals surface area contributed by atoms with E-state index in [0.29, 0.717) is 18.9 Å². The molecule has 4 N–H and O–H groups in total. The maximum absolute atomic E-state index is 10.7. The summed E-state index contributed by atoms with van der Waals surface area (Å²) < 4.78 is 0. The quantitative estimate of drug-likeness (QED) is 0.587. The Labute approximate surface area is 61.8 Å². The van der Waals surface area contributed by atoms with Crippen molar-refractivity contribution in [1.82, 2.24) is 0 Å². The topological polar surface area (TPSA) is 69.1 Å². The molecule has 0 spiro atoms. The van der Waals surface area contributed by atoms with E-state index >= 15 is 0 Å². The summed E-state index contributed by atoms with van der Waals surface area (Å²) in [7, 11) is 0. The van der Waals surface area contributed by atoms with Crippen molar-refractivity contribution < 1.29 is 4.79 Å². The zero-order chi connectivity index (χ0) is 8.15. The van der Waals surface area contributed by atoms with Crippen LogP contribution in [0.1, 0.15) is 20.3 Å². The lowest BCUT2D eigenvalue weighted by atomic mass is 9.92. The lowest BCUT2D eigenvalue weighted by molar-refractivity contribution is -0.123. The third-order valence-electron chi connectivity index (χ3n) is 1.65. The molecule has 0 aromatic carbocycles. The molecule has 10 heavy (non-hydrogen) atoms. The van der Waals surface area contributed by atoms with Gasteiger partial charge in [0, 0.05) is 5.92 Å². The van der Waals surface area contributed by atoms with E-state index < -0.39 is 0 Å². The van der Waals surface area contributed by atoms with Crippen LogP contribution in [0.3, 0.4) is 0 Å². The van der Waals surface area contributed by atoms with Crippen molar-refractivity contribution >= 4 is 5.91 Å². The molecule has 0 heterocycles. The average Bonchev–Trinajstić information content (AvgIpc) is 1.81. The van der Waals surface area contributed by atoms with Gasteiger partial charge in [0.1, 0.15) is 0 Å². The summed E-state index contributed by atoms with van der Waals surface area (Å²) in [4.78, 5) is 10.7. The number of nitrogens with two attached hydrogens (primary N) is 2. The molecule has 0 fully saturated rings. The smallest absolute Gasteiger partial charge is 0.220 e. The largest absolute Gasteiger partial charge is 0.369 e. The number of primary amides is 1. The first kappa shape index (κ1) is 9.43. The Morgan fingerprint density at radius 2 is 2.00 bits per heavy atom. The van der Waals surface area contributed by atoms with Crippen LogP contribution in [-0.4, -0.2) is 12.5 Å². The van der Waals surface area contributed by atoms with Crippen LogP contribution in [0.25, 0.3) is 0 Å². The van der Waals surface area contributed by atoms with E-state index in [0.717, 1.165) is 0 Å². The van der Waals surface area contributed by atoms with Gasteiger partial charge in [0.25, 0.3) is 0 Å². The minimum atomic E-state index is -0.236. The molecular weight excluding hydrogens is 128 g/mol. The molecule has 0 aliphatic carbocycles. The van der Waals surface area contributed by atoms with E-state index in [1.165, 1.54) is 0 Å². The van der Waals surface area contributed by atoms with Crippen molar-refractivity contribution in [3.8, 4) is 0 Å². The summed E-state index contributed by atoms with van der Waals surface area (Å²) in [6.45, 7) is 4.49. The highest BCUT2D eigenvalue weighted by Crippen LogP contribution is 2.12. The van der Waals surface area contributed by atoms with Crippen LogP contribution in [0.2, 0.25) is 0 Å². The van der Waals surface area contributed by atoms with Crippen molar-refractivity contribution in [2.24, 2.45) is 23.3 Å². The second kappa shape index (κ2) is 4.28. The molecule has 0 aliphatic heterocycles. The molecule has 0 aromatic rings. The normalized spacial score (nSPS) is 13.6. The predicted molar refractivity (Wildman–Crippen MR) is 41.2 cm³/mol. The van der Waals surface area contributed by atoms with Crippen molar-refractivity contribution in [2.75, 3.05) is 6.54 Å². The molecule has 0 radical (unpaired) electrons. The van der Waals surface area contributed by atoms with E-state index in [4.69, 9.17) is 11.5 Å². The molecule has 3 heteroatoms. The molecular formula is C7H16N2O. The Morgan fingerprint density at radius 3 is 2.10 bits per heavy atom. The Hall–Kier alpha value is -0.570. The van der Waals surface area contributed by atoms with E-state index in [9.17, 15) is 4.79 Å². The lowest BCUT2D eigenvalue weighted by Gasteiger charge is -2.15. The average molecular weight is 144 g/mol. The second-order valence-electron chi connectivity index (χ2n) is 2.83. The van der Waals surface area contributed by atoms with Gasteiger partial charge in [-0.1, -0.05) is 13.8 Å². The molecule has 0 rings (SSSR count). The molecule has 1 atom stereocenters. The number of hydrogen-bond donors (Lipinski definition) is 2. The van der Waals surface area contributed by atoms with Crippen LogP contribution in [-0.2, 0) is 4.79 Å². The molecule has 0 saturated carbocycles. The molecule has 0 bridgehead atoms. The third-order valence-corrected chi connectivity index (χ3v) is 1.65. The molecule has 1 amide bonds. The van der Waals surface area contributed by atoms with Crippen molar-refractivity contribution in [2.45, 2.75) is 20.3 Å². The minimum absolute atomic E-state index is 0.0509. The summed E-state index contributed by atoms with van der Waals surface area (Å²) in [6.07, 6.45) is 0.701. The van der Waals surface area contributed by atoms with Gasteiger partial charge in [0.05, 0.1) is 0 Å². The number of carbonyl (C=O) groups excluding carboxylic acids is 1. The van der Waals surface area contributed by atoms with Gasteiger partial charge < -0.3 is 11.5 Å². The Bertz CT molecular complexity index is 112. The zero-order valence-corrected chi connectivity index (χ0v) is 6.63. The third kappa shape index (κ3) is 2.82. The highest BCUT2D eigenvalue weighted by atomic mass is 16.1. The minimum Gasteiger partial charge on any atom is -0.369 e. The number of rotatable bonds is 4. The van der Waals surface area contributed by atoms with Crippen LogP contribution in [0.4, 0.5) is 0 Å². The van der Waals surface area contributed by atoms with Gasteiger partial charge in [-0.25, -0.2) is 0 Å². The van der Waals surface area contributed by atoms with Crippen LogP contribution < -0.4 is 11.5 Å². The van der Waals surface area contributed by atoms with E-state index in [1.807, 2.05) is 13.8 Å². The summed E-state index contributed by atoms with van der Waals surface area (Å²) in [6, 6.07) is 0. The van der Waals surface area contributed by atoms with Crippen LogP contribution >= 0.6 is 0 Å². The first-order chi connectivity index (χ1) is 4.59. The summed E-state index contributed by atoms with van der Waals surface area (Å²) in [5.74, 6) is 0.0199. The zero-order valence-electron chi connectivity index (χ0n) is 6.63. The fourth-order valence-corrected chi connectivity index (χ4v) is 0.984. The van der Waals surface area contributed by atoms with Gasteiger partial charge in [-0.15, -0.1) is 0 Å². The SMILES string of the molecule is CC(C)C(CCN)C(N)=O. The standard InChI is InChI=1S/C7H16N2O/c1-5(2)6(3-4-8)7(9)10/h5-6H,3-4,8H2,1-2H3,(H2,9,10). The molecule has 0 aliphatic rings. The highest BCUT2D eigenvalue weighted by molar-refractivity contribution is 5.76. The molecule has 1 unspecified atom stereocenters. The van der Waals surface area contributed by atoms with Gasteiger partial charge in [-0.2, -0.15) is 0 Å². The summed E-state index contributed by atoms with van der Waals surface area (Å²) in [5.41, 5.74) is 10.4. The Kier molecular flexibility index (Phi) is 4.03. The van der Waals surface area contributed by atoms with Gasteiger partial charge in [-0.3, -0.25) is 4.79 Å². The number of amides is 1. The monoisotopic (exact) mass is 144 g/mol. The van der Waals surface area contributed by atoms with Gasteiger partial charge in [-0.05, 0) is 18.9 Å². The molecule has 0 aromatic heterocycles. The van der Waals surface area contributed by atoms with Gasteiger partial charge >= 0.3 is 0 Å². The van der Waals surface area contributed by atoms with Crippen molar-refractivity contribution in [3.63, 3.8) is 0 Å². The fraction of sp³-hybridized carbons (Fsp3) is 0.857. The second-order valence-corrected chi connectivity index (χ2v) is 2.83. The van der Waals surface area contributed by atoms with Gasteiger partial charge in [0.15, 0.2) is 0 Å². The van der Waals surface area contributed by atoms with Crippen LogP contribution in [0, 0.1) is 11.8 Å². The lowest BCUT2D eigenvalue weighted by Crippen LogP contribution is -2.29. The molecule has 0 saturated heterocycles. The van der Waals surface area contributed by atoms with E-state index in [2.05, 4.69) is 0 Å². The molecule has 60 valence electrons. The number of carbonyl (C=O) groups is 1. The number of hydrogen-bond acceptors (Lipinski definition) is 2. The summed E-state index contributed by atoms with van der Waals surface area (Å²) in [5, 5.41) is 0. The van der Waals surface area contributed by atoms with E-state index in [1.54, 1.807) is 0 Å². The molecule has 3 nitrogen and oxygen atoms in total. The highest BCUT2D eigenvalue weighted by Gasteiger charge is 2.17. The van der Waals surface area contributed by atoms with Crippen molar-refractivity contribution in [3.05, 3.63) is 0 Å². The maximum Gasteiger partial charge on any atom is 0.220 e. The van der Waals surface area contributed by atoms with Crippen LogP contribution in [0.15, 0.2) is 0 Å². The predicted octanol–water partition coefficient (Wildman–Crippen LogP) is 0.0927. The first-order valence-electron chi connectivity index (χ1n) is 3.59. The first-order valence-corrected chi connectivity index (χ1v) is 3.59. The Balaban J connectivity index is 3.85. The van der Waals surface area contributed by atoms with Gasteiger partial charge in [0.2, 0.25) is 5.91 Å². The Morgan fingerprint density at radius 1 is 1.50 bits per heavy atom. The van der Waals surface area contributed by atoms with E-state index in [-0.39, 0.29) is 11.8 Å². The van der Waals surface area contributed by atoms with Crippen molar-refractivity contribution in [1.29, 1.82) is 0 Å². The fourth-order valence-electron chi connectivity index (χ4n) is 0.984. The summed E-state index contributed by atoms with van der Waals surface area (Å²) >= 11 is 0. The maximum atomic E-state index is 10.7.